The van der Waals surface area contributed by atoms with Gasteiger partial charge in [0, 0.05) is 18.9 Å². The van der Waals surface area contributed by atoms with Crippen molar-refractivity contribution in [3.63, 3.8) is 0 Å². The Balaban J connectivity index is 3.92. The summed E-state index contributed by atoms with van der Waals surface area (Å²) in [7, 11) is -1.01. The highest BCUT2D eigenvalue weighted by molar-refractivity contribution is 6.76. The molecule has 0 aliphatic carbocycles. The van der Waals surface area contributed by atoms with Gasteiger partial charge in [0.05, 0.1) is 14.7 Å². The number of unbranched alkanes of at least 4 members (excludes halogenated alkanes) is 1. The molecule has 136 valence electrons. The molecule has 0 heterocycles. The van der Waals surface area contributed by atoms with Crippen molar-refractivity contribution in [3.05, 3.63) is 23.3 Å². The quantitative estimate of drug-likeness (QED) is 0.156. The molecule has 0 atom stereocenters. The monoisotopic (exact) mass is 348 g/mol. The van der Waals surface area contributed by atoms with Gasteiger partial charge in [-0.25, -0.2) is 0 Å². The highest BCUT2D eigenvalue weighted by Gasteiger charge is 2.09. The van der Waals surface area contributed by atoms with Crippen LogP contribution in [0.2, 0.25) is 25.7 Å². The summed E-state index contributed by atoms with van der Waals surface area (Å²) >= 11 is 0. The van der Waals surface area contributed by atoms with Crippen LogP contribution in [0.15, 0.2) is 23.3 Å². The third kappa shape index (κ3) is 15.6. The van der Waals surface area contributed by atoms with Crippen molar-refractivity contribution >= 4 is 14.0 Å². The molecule has 0 spiro atoms. The summed E-state index contributed by atoms with van der Waals surface area (Å²) in [6.07, 6.45) is 9.98. The minimum atomic E-state index is -1.01. The van der Waals surface area contributed by atoms with Crippen molar-refractivity contribution in [2.45, 2.75) is 85.0 Å². The van der Waals surface area contributed by atoms with Crippen molar-refractivity contribution in [1.82, 2.24) is 0 Å². The highest BCUT2D eigenvalue weighted by atomic mass is 28.3. The topological polar surface area (TPSA) is 26.3 Å². The molecule has 0 radical (unpaired) electrons. The van der Waals surface area contributed by atoms with Crippen LogP contribution in [0.4, 0.5) is 0 Å². The SMILES string of the molecule is CCOC(=O)CC/C(C)=C/CC/C(C)=C/CCC#CC[Si](C)(C)C. The van der Waals surface area contributed by atoms with E-state index in [0.29, 0.717) is 13.0 Å². The summed E-state index contributed by atoms with van der Waals surface area (Å²) in [6.45, 7) is 13.7. The van der Waals surface area contributed by atoms with E-state index in [1.807, 2.05) is 6.92 Å². The van der Waals surface area contributed by atoms with Gasteiger partial charge >= 0.3 is 5.97 Å². The van der Waals surface area contributed by atoms with Crippen LogP contribution >= 0.6 is 0 Å². The van der Waals surface area contributed by atoms with Gasteiger partial charge in [-0.15, -0.1) is 11.8 Å². The molecule has 0 amide bonds. The van der Waals surface area contributed by atoms with E-state index in [1.54, 1.807) is 0 Å². The third-order valence-corrected chi connectivity index (χ3v) is 4.80. The standard InChI is InChI=1S/C21H36O2Si/c1-7-23-21(22)17-16-20(3)15-12-14-19(2)13-10-8-9-11-18-24(4,5)6/h13,15H,7-8,10,12,14,16-18H2,1-6H3/b19-13+,20-15+. The molecule has 0 N–H and O–H groups in total. The Labute approximate surface area is 150 Å². The van der Waals surface area contributed by atoms with E-state index >= 15 is 0 Å². The zero-order chi connectivity index (χ0) is 18.4. The Morgan fingerprint density at radius 2 is 1.58 bits per heavy atom. The third-order valence-electron chi connectivity index (χ3n) is 3.57. The maximum atomic E-state index is 11.3. The average molecular weight is 349 g/mol. The van der Waals surface area contributed by atoms with E-state index < -0.39 is 8.07 Å². The molecular weight excluding hydrogens is 312 g/mol. The van der Waals surface area contributed by atoms with E-state index in [2.05, 4.69) is 57.5 Å². The maximum absolute atomic E-state index is 11.3. The van der Waals surface area contributed by atoms with Crippen LogP contribution in [0.1, 0.15) is 59.3 Å². The van der Waals surface area contributed by atoms with Gasteiger partial charge in [0.25, 0.3) is 0 Å². The fraction of sp³-hybridized carbons (Fsp3) is 0.667. The molecule has 2 nitrogen and oxygen atoms in total. The number of hydrogen-bond donors (Lipinski definition) is 0. The van der Waals surface area contributed by atoms with Gasteiger partial charge < -0.3 is 4.74 Å². The molecule has 0 aromatic rings. The lowest BCUT2D eigenvalue weighted by atomic mass is 10.1. The largest absolute Gasteiger partial charge is 0.466 e. The molecule has 0 aliphatic rings. The number of esters is 1. The van der Waals surface area contributed by atoms with Crippen LogP contribution in [-0.2, 0) is 9.53 Å². The molecule has 0 unspecified atom stereocenters. The van der Waals surface area contributed by atoms with Crippen LogP contribution in [0.25, 0.3) is 0 Å². The lowest BCUT2D eigenvalue weighted by Gasteiger charge is -2.09. The van der Waals surface area contributed by atoms with Gasteiger partial charge in [-0.3, -0.25) is 4.79 Å². The Hall–Kier alpha value is -1.27. The number of ether oxygens (including phenoxy) is 1. The van der Waals surface area contributed by atoms with Crippen molar-refractivity contribution in [2.75, 3.05) is 6.61 Å². The van der Waals surface area contributed by atoms with Crippen LogP contribution in [0.5, 0.6) is 0 Å². The number of allylic oxidation sites excluding steroid dienone is 4. The summed E-state index contributed by atoms with van der Waals surface area (Å²) in [5, 5.41) is 0. The van der Waals surface area contributed by atoms with Crippen LogP contribution in [-0.4, -0.2) is 20.7 Å². The highest BCUT2D eigenvalue weighted by Crippen LogP contribution is 2.12. The van der Waals surface area contributed by atoms with E-state index in [-0.39, 0.29) is 5.97 Å². The average Bonchev–Trinajstić information content (AvgIpc) is 2.48. The van der Waals surface area contributed by atoms with Crippen LogP contribution in [0.3, 0.4) is 0 Å². The Bertz CT molecular complexity index is 484. The Morgan fingerprint density at radius 1 is 0.958 bits per heavy atom. The number of rotatable bonds is 10. The van der Waals surface area contributed by atoms with Crippen molar-refractivity contribution in [3.8, 4) is 11.8 Å². The molecule has 0 saturated carbocycles. The van der Waals surface area contributed by atoms with Crippen molar-refractivity contribution < 1.29 is 9.53 Å². The van der Waals surface area contributed by atoms with E-state index in [4.69, 9.17) is 4.74 Å². The first kappa shape index (κ1) is 22.7. The molecule has 0 aromatic carbocycles. The van der Waals surface area contributed by atoms with Gasteiger partial charge in [-0.1, -0.05) is 42.9 Å². The minimum absolute atomic E-state index is 0.100. The molecule has 0 fully saturated rings. The molecule has 0 saturated heterocycles. The first-order chi connectivity index (χ1) is 11.2. The van der Waals surface area contributed by atoms with Crippen LogP contribution < -0.4 is 0 Å². The predicted molar refractivity (Wildman–Crippen MR) is 108 cm³/mol. The zero-order valence-corrected chi connectivity index (χ0v) is 17.6. The molecule has 0 rings (SSSR count). The molecule has 3 heteroatoms. The predicted octanol–water partition coefficient (Wildman–Crippen LogP) is 6.12. The maximum Gasteiger partial charge on any atom is 0.306 e. The number of hydrogen-bond acceptors (Lipinski definition) is 2. The second kappa shape index (κ2) is 13.1. The molecule has 0 bridgehead atoms. The molecule has 0 aliphatic heterocycles. The lowest BCUT2D eigenvalue weighted by Crippen LogP contribution is -2.17. The lowest BCUT2D eigenvalue weighted by molar-refractivity contribution is -0.143. The first-order valence-corrected chi connectivity index (χ1v) is 12.9. The summed E-state index contributed by atoms with van der Waals surface area (Å²) in [4.78, 5) is 11.3. The fourth-order valence-corrected chi connectivity index (χ4v) is 2.74. The minimum Gasteiger partial charge on any atom is -0.466 e. The smallest absolute Gasteiger partial charge is 0.306 e. The van der Waals surface area contributed by atoms with E-state index in [9.17, 15) is 4.79 Å². The molecule has 0 aromatic heterocycles. The Kier molecular flexibility index (Phi) is 12.4. The number of carbonyl (C=O) groups excluding carboxylic acids is 1. The zero-order valence-electron chi connectivity index (χ0n) is 16.6. The van der Waals surface area contributed by atoms with Crippen molar-refractivity contribution in [1.29, 1.82) is 0 Å². The van der Waals surface area contributed by atoms with Gasteiger partial charge in [0.2, 0.25) is 0 Å². The fourth-order valence-electron chi connectivity index (χ4n) is 2.09. The summed E-state index contributed by atoms with van der Waals surface area (Å²) in [5.41, 5.74) is 2.70. The van der Waals surface area contributed by atoms with Crippen LogP contribution in [0, 0.1) is 11.8 Å². The second-order valence-electron chi connectivity index (χ2n) is 7.57. The molecule has 24 heavy (non-hydrogen) atoms. The summed E-state index contributed by atoms with van der Waals surface area (Å²) < 4.78 is 4.94. The van der Waals surface area contributed by atoms with Crippen molar-refractivity contribution in [2.24, 2.45) is 0 Å². The first-order valence-electron chi connectivity index (χ1n) is 9.17. The van der Waals surface area contributed by atoms with E-state index in [0.717, 1.165) is 38.1 Å². The second-order valence-corrected chi connectivity index (χ2v) is 13.0. The Morgan fingerprint density at radius 3 is 2.21 bits per heavy atom. The van der Waals surface area contributed by atoms with Gasteiger partial charge in [0.15, 0.2) is 0 Å². The van der Waals surface area contributed by atoms with Gasteiger partial charge in [-0.2, -0.15) is 0 Å². The van der Waals surface area contributed by atoms with Gasteiger partial charge in [0.1, 0.15) is 0 Å². The number of carbonyl (C=O) groups is 1. The normalized spacial score (nSPS) is 12.6. The van der Waals surface area contributed by atoms with Gasteiger partial charge in [-0.05, 0) is 46.5 Å². The van der Waals surface area contributed by atoms with E-state index in [1.165, 1.54) is 11.1 Å². The molecular formula is C21H36O2Si. The summed E-state index contributed by atoms with van der Waals surface area (Å²) in [5.74, 6) is 6.52. The summed E-state index contributed by atoms with van der Waals surface area (Å²) in [6, 6.07) is 1.10.